The molecule has 0 radical (unpaired) electrons. The quantitative estimate of drug-likeness (QED) is 0.774. The third kappa shape index (κ3) is 3.68. The van der Waals surface area contributed by atoms with Gasteiger partial charge in [0, 0.05) is 5.56 Å². The van der Waals surface area contributed by atoms with E-state index in [0.717, 1.165) is 18.3 Å². The van der Waals surface area contributed by atoms with E-state index in [-0.39, 0.29) is 17.4 Å². The SMILES string of the molecule is CC1(C)CCC(C)(C)c2cc(C(O)COc3ccc(C=O)cc3)ccc21. The van der Waals surface area contributed by atoms with Crippen molar-refractivity contribution in [2.75, 3.05) is 6.61 Å². The second-order valence-corrected chi connectivity index (χ2v) is 8.59. The zero-order valence-corrected chi connectivity index (χ0v) is 16.1. The van der Waals surface area contributed by atoms with E-state index in [1.54, 1.807) is 24.3 Å². The summed E-state index contributed by atoms with van der Waals surface area (Å²) in [5.74, 6) is 0.647. The van der Waals surface area contributed by atoms with E-state index < -0.39 is 6.10 Å². The minimum Gasteiger partial charge on any atom is -0.491 e. The zero-order chi connectivity index (χ0) is 18.9. The Balaban J connectivity index is 1.77. The number of carbonyl (C=O) groups excluding carboxylic acids is 1. The maximum Gasteiger partial charge on any atom is 0.150 e. The van der Waals surface area contributed by atoms with E-state index in [0.29, 0.717) is 11.3 Å². The summed E-state index contributed by atoms with van der Waals surface area (Å²) in [6.07, 6.45) is 2.43. The summed E-state index contributed by atoms with van der Waals surface area (Å²) >= 11 is 0. The van der Waals surface area contributed by atoms with Crippen molar-refractivity contribution in [1.29, 1.82) is 0 Å². The molecule has 1 aliphatic rings. The van der Waals surface area contributed by atoms with E-state index in [1.807, 2.05) is 6.07 Å². The predicted molar refractivity (Wildman–Crippen MR) is 104 cm³/mol. The molecule has 26 heavy (non-hydrogen) atoms. The Morgan fingerprint density at radius 3 is 2.23 bits per heavy atom. The molecule has 0 aromatic heterocycles. The Morgan fingerprint density at radius 2 is 1.62 bits per heavy atom. The van der Waals surface area contributed by atoms with Crippen molar-refractivity contribution in [3.05, 3.63) is 64.7 Å². The minimum atomic E-state index is -0.688. The number of rotatable bonds is 5. The molecule has 0 saturated heterocycles. The first-order valence-corrected chi connectivity index (χ1v) is 9.24. The Labute approximate surface area is 156 Å². The van der Waals surface area contributed by atoms with Gasteiger partial charge in [0.2, 0.25) is 0 Å². The van der Waals surface area contributed by atoms with Crippen molar-refractivity contribution in [2.24, 2.45) is 0 Å². The lowest BCUT2D eigenvalue weighted by Crippen LogP contribution is -2.34. The van der Waals surface area contributed by atoms with E-state index >= 15 is 0 Å². The molecule has 2 aromatic rings. The number of aliphatic hydroxyl groups excluding tert-OH is 1. The van der Waals surface area contributed by atoms with Gasteiger partial charge in [-0.25, -0.2) is 0 Å². The molecule has 1 N–H and O–H groups in total. The molecule has 1 unspecified atom stereocenters. The molecule has 0 amide bonds. The van der Waals surface area contributed by atoms with Crippen molar-refractivity contribution >= 4 is 6.29 Å². The fourth-order valence-corrected chi connectivity index (χ4v) is 3.73. The van der Waals surface area contributed by atoms with Crippen LogP contribution in [0.5, 0.6) is 5.75 Å². The highest BCUT2D eigenvalue weighted by atomic mass is 16.5. The van der Waals surface area contributed by atoms with Gasteiger partial charge in [-0.2, -0.15) is 0 Å². The van der Waals surface area contributed by atoms with E-state index in [9.17, 15) is 9.90 Å². The molecule has 0 aliphatic heterocycles. The van der Waals surface area contributed by atoms with Gasteiger partial charge in [-0.05, 0) is 64.6 Å². The van der Waals surface area contributed by atoms with E-state index in [1.165, 1.54) is 17.5 Å². The average Bonchev–Trinajstić information content (AvgIpc) is 2.63. The van der Waals surface area contributed by atoms with Crippen LogP contribution in [0.3, 0.4) is 0 Å². The summed E-state index contributed by atoms with van der Waals surface area (Å²) in [4.78, 5) is 10.7. The van der Waals surface area contributed by atoms with Gasteiger partial charge in [-0.1, -0.05) is 45.9 Å². The number of benzene rings is 2. The van der Waals surface area contributed by atoms with Gasteiger partial charge in [0.1, 0.15) is 24.7 Å². The minimum absolute atomic E-state index is 0.117. The van der Waals surface area contributed by atoms with Crippen LogP contribution in [0.15, 0.2) is 42.5 Å². The summed E-state index contributed by atoms with van der Waals surface area (Å²) in [6.45, 7) is 9.33. The molecule has 0 bridgehead atoms. The summed E-state index contributed by atoms with van der Waals surface area (Å²) in [5.41, 5.74) is 4.50. The van der Waals surface area contributed by atoms with Crippen LogP contribution in [-0.4, -0.2) is 18.0 Å². The predicted octanol–water partition coefficient (Wildman–Crippen LogP) is 4.96. The molecule has 0 saturated carbocycles. The second-order valence-electron chi connectivity index (χ2n) is 8.59. The zero-order valence-electron chi connectivity index (χ0n) is 16.1. The van der Waals surface area contributed by atoms with Gasteiger partial charge in [0.15, 0.2) is 0 Å². The van der Waals surface area contributed by atoms with Gasteiger partial charge >= 0.3 is 0 Å². The first-order valence-electron chi connectivity index (χ1n) is 9.24. The summed E-state index contributed by atoms with van der Waals surface area (Å²) in [6, 6.07) is 13.2. The van der Waals surface area contributed by atoms with Crippen molar-refractivity contribution < 1.29 is 14.6 Å². The maximum atomic E-state index is 10.7. The topological polar surface area (TPSA) is 46.5 Å². The van der Waals surface area contributed by atoms with Crippen LogP contribution in [-0.2, 0) is 10.8 Å². The summed E-state index contributed by atoms with van der Waals surface area (Å²) < 4.78 is 5.69. The first kappa shape index (κ1) is 18.7. The highest BCUT2D eigenvalue weighted by Gasteiger charge is 2.37. The third-order valence-corrected chi connectivity index (χ3v) is 5.69. The van der Waals surface area contributed by atoms with E-state index in [2.05, 4.69) is 39.8 Å². The Hall–Kier alpha value is -2.13. The molecule has 138 valence electrons. The summed E-state index contributed by atoms with van der Waals surface area (Å²) in [7, 11) is 0. The van der Waals surface area contributed by atoms with Gasteiger partial charge < -0.3 is 9.84 Å². The highest BCUT2D eigenvalue weighted by Crippen LogP contribution is 2.46. The van der Waals surface area contributed by atoms with Gasteiger partial charge in [0.05, 0.1) is 0 Å². The fourth-order valence-electron chi connectivity index (χ4n) is 3.73. The second kappa shape index (κ2) is 6.88. The first-order chi connectivity index (χ1) is 12.2. The lowest BCUT2D eigenvalue weighted by atomic mass is 9.63. The van der Waals surface area contributed by atoms with Crippen LogP contribution in [0.25, 0.3) is 0 Å². The normalized spacial score (nSPS) is 18.7. The number of aldehydes is 1. The molecule has 1 atom stereocenters. The number of hydrogen-bond donors (Lipinski definition) is 1. The molecule has 0 fully saturated rings. The molecule has 0 spiro atoms. The highest BCUT2D eigenvalue weighted by molar-refractivity contribution is 5.74. The monoisotopic (exact) mass is 352 g/mol. The van der Waals surface area contributed by atoms with Crippen LogP contribution in [0, 0.1) is 0 Å². The molecule has 1 aliphatic carbocycles. The number of ether oxygens (including phenoxy) is 1. The molecule has 3 rings (SSSR count). The number of fused-ring (bicyclic) bond motifs is 1. The van der Waals surface area contributed by atoms with Crippen LogP contribution >= 0.6 is 0 Å². The number of carbonyl (C=O) groups is 1. The Bertz CT molecular complexity index is 788. The van der Waals surface area contributed by atoms with Crippen LogP contribution < -0.4 is 4.74 Å². The molecular formula is C23H28O3. The Kier molecular flexibility index (Phi) is 4.94. The maximum absolute atomic E-state index is 10.7. The lowest BCUT2D eigenvalue weighted by molar-refractivity contribution is 0.107. The average molecular weight is 352 g/mol. The molecule has 2 aromatic carbocycles. The van der Waals surface area contributed by atoms with Gasteiger partial charge in [0.25, 0.3) is 0 Å². The van der Waals surface area contributed by atoms with Crippen molar-refractivity contribution in [2.45, 2.75) is 57.5 Å². The third-order valence-electron chi connectivity index (χ3n) is 5.69. The fraction of sp³-hybridized carbons (Fsp3) is 0.435. The van der Waals surface area contributed by atoms with Gasteiger partial charge in [-0.3, -0.25) is 4.79 Å². The number of hydrogen-bond acceptors (Lipinski definition) is 3. The van der Waals surface area contributed by atoms with Crippen molar-refractivity contribution in [3.8, 4) is 5.75 Å². The standard InChI is InChI=1S/C23H28O3/c1-22(2)11-12-23(3,4)20-13-17(7-10-19(20)22)21(25)15-26-18-8-5-16(14-24)6-9-18/h5-10,13-14,21,25H,11-12,15H2,1-4H3. The molecule has 3 nitrogen and oxygen atoms in total. The molecule has 3 heteroatoms. The molecule has 0 heterocycles. The number of aliphatic hydroxyl groups is 1. The lowest BCUT2D eigenvalue weighted by Gasteiger charge is -2.42. The summed E-state index contributed by atoms with van der Waals surface area (Å²) in [5, 5.41) is 10.6. The molecular weight excluding hydrogens is 324 g/mol. The van der Waals surface area contributed by atoms with Crippen LogP contribution in [0.1, 0.15) is 73.7 Å². The van der Waals surface area contributed by atoms with E-state index in [4.69, 9.17) is 4.74 Å². The van der Waals surface area contributed by atoms with Crippen molar-refractivity contribution in [1.82, 2.24) is 0 Å². The van der Waals surface area contributed by atoms with Gasteiger partial charge in [-0.15, -0.1) is 0 Å². The van der Waals surface area contributed by atoms with Crippen LogP contribution in [0.4, 0.5) is 0 Å². The van der Waals surface area contributed by atoms with Crippen molar-refractivity contribution in [3.63, 3.8) is 0 Å². The smallest absolute Gasteiger partial charge is 0.150 e. The Morgan fingerprint density at radius 1 is 1.00 bits per heavy atom. The van der Waals surface area contributed by atoms with Crippen LogP contribution in [0.2, 0.25) is 0 Å². The largest absolute Gasteiger partial charge is 0.491 e.